The molecule has 0 aromatic carbocycles. The molecule has 5 saturated heterocycles. The molecule has 0 aliphatic carbocycles. The van der Waals surface area contributed by atoms with Gasteiger partial charge in [0.25, 0.3) is 0 Å². The first-order valence-electron chi connectivity index (χ1n) is 21.9. The quantitative estimate of drug-likeness (QED) is 0.0384. The lowest BCUT2D eigenvalue weighted by atomic mass is 9.82. The minimum atomic E-state index is -5.55. The van der Waals surface area contributed by atoms with E-state index in [-0.39, 0.29) is 0 Å². The lowest BCUT2D eigenvalue weighted by molar-refractivity contribution is -0.375. The van der Waals surface area contributed by atoms with Gasteiger partial charge >= 0.3 is 47.6 Å². The van der Waals surface area contributed by atoms with Gasteiger partial charge in [0.05, 0.1) is 44.2 Å². The summed E-state index contributed by atoms with van der Waals surface area (Å²) in [7, 11) is -21.0. The van der Waals surface area contributed by atoms with E-state index in [9.17, 15) is 87.7 Å². The molecule has 0 radical (unpaired) electrons. The molecule has 0 aromatic rings. The maximum atomic E-state index is 12.6. The van der Waals surface area contributed by atoms with E-state index in [2.05, 4.69) is 17.7 Å². The topological polar surface area (TPSA) is 505 Å². The SMILES string of the molecule is CC1[C@@H](O[C@H]2C(O)C(OS(=O)(=O)O)[C@H](O[C@@H]3C(COS(=O)(=O)O)O[C@H](C)C(C)[C@H]3C)O[C@H]2N=O)OC(COS(=O)(=O)O)[C@@H](O[C@@H]2OC(C(=O)O)[C@@H](O[C@H]3OC(COS(=O)(=O)O)[C@@H](O)[C@H](O)C3C)[C@H](O)C2O)[C@@H]1C. The van der Waals surface area contributed by atoms with Crippen molar-refractivity contribution in [2.24, 2.45) is 34.8 Å². The summed E-state index contributed by atoms with van der Waals surface area (Å²) in [6.45, 7) is 5.75. The molecular weight excluding hydrogens is 1090 g/mol. The van der Waals surface area contributed by atoms with Crippen LogP contribution in [0, 0.1) is 34.5 Å². The lowest BCUT2D eigenvalue weighted by Crippen LogP contribution is -2.66. The summed E-state index contributed by atoms with van der Waals surface area (Å²) in [5.41, 5.74) is 0. The number of carboxylic acid groups (broad SMARTS) is 1. The molecule has 34 nitrogen and oxygen atoms in total. The molecule has 426 valence electrons. The van der Waals surface area contributed by atoms with E-state index in [1.54, 1.807) is 20.8 Å². The fourth-order valence-corrected chi connectivity index (χ4v) is 10.2. The predicted octanol–water partition coefficient (Wildman–Crippen LogP) is -4.35. The highest BCUT2D eigenvalue weighted by Gasteiger charge is 2.57. The molecule has 5 fully saturated rings. The van der Waals surface area contributed by atoms with Gasteiger partial charge in [-0.3, -0.25) is 18.2 Å². The Labute approximate surface area is 417 Å². The Morgan fingerprint density at radius 1 is 0.452 bits per heavy atom. The zero-order chi connectivity index (χ0) is 55.0. The number of rotatable bonds is 21. The van der Waals surface area contributed by atoms with Crippen molar-refractivity contribution in [1.29, 1.82) is 0 Å². The van der Waals surface area contributed by atoms with Crippen molar-refractivity contribution in [1.82, 2.24) is 0 Å². The van der Waals surface area contributed by atoms with E-state index in [4.69, 9.17) is 51.4 Å². The van der Waals surface area contributed by atoms with Gasteiger partial charge in [0.15, 0.2) is 37.4 Å². The maximum absolute atomic E-state index is 12.6. The van der Waals surface area contributed by atoms with Crippen LogP contribution in [0.3, 0.4) is 0 Å². The molecular formula is C35H59NO33S4. The number of hydrogen-bond donors (Lipinski definition) is 10. The summed E-state index contributed by atoms with van der Waals surface area (Å²) >= 11 is 0. The first kappa shape index (κ1) is 61.8. The normalized spacial score (nSPS) is 44.3. The van der Waals surface area contributed by atoms with Crippen molar-refractivity contribution in [3.63, 3.8) is 0 Å². The van der Waals surface area contributed by atoms with Crippen LogP contribution in [-0.2, 0) is 106 Å². The highest BCUT2D eigenvalue weighted by molar-refractivity contribution is 7.81. The van der Waals surface area contributed by atoms with Crippen molar-refractivity contribution in [3.8, 4) is 0 Å². The Morgan fingerprint density at radius 3 is 1.41 bits per heavy atom. The largest absolute Gasteiger partial charge is 0.479 e. The van der Waals surface area contributed by atoms with Crippen LogP contribution in [0.1, 0.15) is 41.5 Å². The van der Waals surface area contributed by atoms with Gasteiger partial charge in [-0.25, -0.2) is 21.5 Å². The van der Waals surface area contributed by atoms with Crippen LogP contribution < -0.4 is 0 Å². The second-order valence-electron chi connectivity index (χ2n) is 18.0. The Bertz CT molecular complexity index is 2330. The molecule has 73 heavy (non-hydrogen) atoms. The fraction of sp³-hybridized carbons (Fsp3) is 0.971. The molecule has 5 rings (SSSR count). The number of aliphatic hydroxyl groups excluding tert-OH is 5. The van der Waals surface area contributed by atoms with Gasteiger partial charge in [-0.1, -0.05) is 34.6 Å². The van der Waals surface area contributed by atoms with Crippen LogP contribution in [0.4, 0.5) is 0 Å². The van der Waals surface area contributed by atoms with Gasteiger partial charge in [-0.15, -0.1) is 4.91 Å². The average Bonchev–Trinajstić information content (AvgIpc) is 3.27. The van der Waals surface area contributed by atoms with E-state index < -0.39 is 220 Å². The highest BCUT2D eigenvalue weighted by Crippen LogP contribution is 2.41. The summed E-state index contributed by atoms with van der Waals surface area (Å²) in [5.74, 6) is -6.38. The number of carbonyl (C=O) groups is 1. The number of ether oxygens (including phenoxy) is 9. The summed E-state index contributed by atoms with van der Waals surface area (Å²) < 4.78 is 200. The third kappa shape index (κ3) is 15.8. The van der Waals surface area contributed by atoms with E-state index >= 15 is 0 Å². The standard InChI is InChI=1S/C35H59NO33S4/c1-10-11(2)24(17(60-15(10)6)8-58-71(48,49)50)64-35-28(69-73(54,55)56)23(41)27(30(36-44)68-35)66-32-13(4)12(3)25(18(62-32)9-59-72(51,52)53)63-34-22(40)21(39)26(29(67-34)31(42)43)65-33-14(5)19(37)20(38)16(61-33)7-57-70(45,46)47/h10-30,32-35,37-41H,7-9H2,1-6H3,(H,42,43)(H,45,46,47)(H,48,49,50)(H,51,52,53)(H,54,55,56)/t10?,11-,12-,13?,14?,15-,16?,17?,18?,19-,20-,21-,22?,23?,24+,25+,26+,27+,28?,29?,30-,32-,33-,34-,35-/m1/s1. The van der Waals surface area contributed by atoms with Crippen molar-refractivity contribution in [2.75, 3.05) is 19.8 Å². The number of aliphatic carboxylic acids is 1. The maximum Gasteiger partial charge on any atom is 0.397 e. The van der Waals surface area contributed by atoms with Crippen LogP contribution in [0.15, 0.2) is 5.18 Å². The average molecular weight is 1150 g/mol. The van der Waals surface area contributed by atoms with Crippen LogP contribution >= 0.6 is 0 Å². The number of carboxylic acids is 1. The second kappa shape index (κ2) is 24.3. The molecule has 10 N–H and O–H groups in total. The zero-order valence-corrected chi connectivity index (χ0v) is 42.3. The lowest BCUT2D eigenvalue weighted by Gasteiger charge is -2.50. The Balaban J connectivity index is 1.37. The summed E-state index contributed by atoms with van der Waals surface area (Å²) in [5, 5.41) is 68.2. The van der Waals surface area contributed by atoms with Crippen molar-refractivity contribution in [2.45, 2.75) is 164 Å². The van der Waals surface area contributed by atoms with E-state index in [1.807, 2.05) is 0 Å². The molecule has 38 heteroatoms. The minimum absolute atomic E-state index is 0.392. The second-order valence-corrected chi connectivity index (χ2v) is 22.3. The molecule has 0 amide bonds. The van der Waals surface area contributed by atoms with Gasteiger partial charge in [0.1, 0.15) is 54.9 Å². The van der Waals surface area contributed by atoms with Crippen LogP contribution in [0.5, 0.6) is 0 Å². The molecule has 0 saturated carbocycles. The summed E-state index contributed by atoms with van der Waals surface area (Å²) in [6.07, 6.45) is -38.1. The van der Waals surface area contributed by atoms with Crippen molar-refractivity contribution < 1.29 is 147 Å². The van der Waals surface area contributed by atoms with Gasteiger partial charge in [-0.2, -0.15) is 33.7 Å². The minimum Gasteiger partial charge on any atom is -0.479 e. The van der Waals surface area contributed by atoms with Crippen molar-refractivity contribution in [3.05, 3.63) is 4.91 Å². The predicted molar refractivity (Wildman–Crippen MR) is 227 cm³/mol. The summed E-state index contributed by atoms with van der Waals surface area (Å²) in [6, 6.07) is 0. The Hall–Kier alpha value is -2.01. The molecule has 5 aliphatic heterocycles. The van der Waals surface area contributed by atoms with Gasteiger partial charge in [0.2, 0.25) is 6.23 Å². The van der Waals surface area contributed by atoms with Crippen LogP contribution in [-0.4, -0.2) is 231 Å². The number of aliphatic hydroxyl groups is 5. The van der Waals surface area contributed by atoms with Crippen LogP contribution in [0.25, 0.3) is 0 Å². The molecule has 0 spiro atoms. The van der Waals surface area contributed by atoms with E-state index in [1.165, 1.54) is 20.8 Å². The smallest absolute Gasteiger partial charge is 0.397 e. The molecule has 5 aliphatic rings. The first-order chi connectivity index (χ1) is 33.5. The van der Waals surface area contributed by atoms with Gasteiger partial charge in [-0.05, 0) is 29.9 Å². The Morgan fingerprint density at radius 2 is 0.904 bits per heavy atom. The van der Waals surface area contributed by atoms with Crippen molar-refractivity contribution >= 4 is 47.6 Å². The summed E-state index contributed by atoms with van der Waals surface area (Å²) in [4.78, 5) is 25.0. The Kier molecular flexibility index (Phi) is 20.6. The van der Waals surface area contributed by atoms with Gasteiger partial charge < -0.3 is 73.3 Å². The molecule has 25 atom stereocenters. The number of nitroso groups, excluding NO2 is 1. The first-order valence-corrected chi connectivity index (χ1v) is 27.3. The monoisotopic (exact) mass is 1150 g/mol. The van der Waals surface area contributed by atoms with Gasteiger partial charge in [0, 0.05) is 11.8 Å². The molecule has 10 unspecified atom stereocenters. The molecule has 0 aromatic heterocycles. The third-order valence-corrected chi connectivity index (χ3v) is 15.0. The fourth-order valence-electron chi connectivity index (χ4n) is 8.78. The van der Waals surface area contributed by atoms with Crippen LogP contribution in [0.2, 0.25) is 0 Å². The highest BCUT2D eigenvalue weighted by atomic mass is 32.3. The zero-order valence-electron chi connectivity index (χ0n) is 39.0. The number of hydrogen-bond acceptors (Lipinski definition) is 29. The molecule has 0 bridgehead atoms. The third-order valence-electron chi connectivity index (χ3n) is 13.2. The number of nitrogens with zero attached hydrogens (tertiary/aromatic N) is 1. The van der Waals surface area contributed by atoms with E-state index in [0.717, 1.165) is 0 Å². The van der Waals surface area contributed by atoms with E-state index in [0.29, 0.717) is 0 Å². The molecule has 5 heterocycles.